The molecule has 0 aliphatic carbocycles. The third-order valence-electron chi connectivity index (χ3n) is 3.97. The van der Waals surface area contributed by atoms with Gasteiger partial charge >= 0.3 is 0 Å². The predicted molar refractivity (Wildman–Crippen MR) is 79.2 cm³/mol. The number of hydrogen-bond donors (Lipinski definition) is 1. The van der Waals surface area contributed by atoms with Crippen LogP contribution in [0.1, 0.15) is 25.8 Å². The average molecular weight is 262 g/mol. The van der Waals surface area contributed by atoms with E-state index in [4.69, 9.17) is 4.74 Å². The maximum atomic E-state index is 5.37. The second kappa shape index (κ2) is 7.63. The Bertz CT molecular complexity index is 355. The highest BCUT2D eigenvalue weighted by molar-refractivity contribution is 5.15. The van der Waals surface area contributed by atoms with Crippen molar-refractivity contribution >= 4 is 0 Å². The SMILES string of the molecule is CCOCCN[C@H]1CCN(Cc2ccccc2)[C@@H]1C. The Balaban J connectivity index is 1.76. The fraction of sp³-hybridized carbons (Fsp3) is 0.625. The molecule has 2 rings (SSSR count). The molecule has 19 heavy (non-hydrogen) atoms. The lowest BCUT2D eigenvalue weighted by Crippen LogP contribution is -2.41. The zero-order chi connectivity index (χ0) is 13.5. The summed E-state index contributed by atoms with van der Waals surface area (Å²) in [6.45, 7) is 9.20. The maximum Gasteiger partial charge on any atom is 0.0590 e. The van der Waals surface area contributed by atoms with Crippen LogP contribution in [0, 0.1) is 0 Å². The van der Waals surface area contributed by atoms with E-state index in [0.29, 0.717) is 12.1 Å². The molecule has 1 aliphatic heterocycles. The molecule has 0 aromatic heterocycles. The molecule has 0 amide bonds. The molecule has 1 heterocycles. The number of nitrogens with one attached hydrogen (secondary N) is 1. The summed E-state index contributed by atoms with van der Waals surface area (Å²) in [6, 6.07) is 11.9. The number of rotatable bonds is 7. The van der Waals surface area contributed by atoms with Crippen molar-refractivity contribution in [1.29, 1.82) is 0 Å². The largest absolute Gasteiger partial charge is 0.380 e. The number of benzene rings is 1. The molecule has 106 valence electrons. The fourth-order valence-corrected chi connectivity index (χ4v) is 2.78. The number of nitrogens with zero attached hydrogens (tertiary/aromatic N) is 1. The summed E-state index contributed by atoms with van der Waals surface area (Å²) in [7, 11) is 0. The highest BCUT2D eigenvalue weighted by Gasteiger charge is 2.29. The average Bonchev–Trinajstić information content (AvgIpc) is 2.78. The van der Waals surface area contributed by atoms with Gasteiger partial charge < -0.3 is 10.1 Å². The van der Waals surface area contributed by atoms with Gasteiger partial charge in [-0.15, -0.1) is 0 Å². The second-order valence-corrected chi connectivity index (χ2v) is 5.24. The first kappa shape index (κ1) is 14.5. The minimum atomic E-state index is 0.599. The van der Waals surface area contributed by atoms with Crippen molar-refractivity contribution in [3.63, 3.8) is 0 Å². The first-order chi connectivity index (χ1) is 9.31. The summed E-state index contributed by atoms with van der Waals surface area (Å²) >= 11 is 0. The van der Waals surface area contributed by atoms with Gasteiger partial charge in [-0.2, -0.15) is 0 Å². The summed E-state index contributed by atoms with van der Waals surface area (Å²) < 4.78 is 5.37. The zero-order valence-electron chi connectivity index (χ0n) is 12.1. The number of ether oxygens (including phenoxy) is 1. The van der Waals surface area contributed by atoms with Crippen LogP contribution in [0.2, 0.25) is 0 Å². The van der Waals surface area contributed by atoms with Crippen molar-refractivity contribution in [3.05, 3.63) is 35.9 Å². The van der Waals surface area contributed by atoms with Crippen LogP contribution in [0.5, 0.6) is 0 Å². The molecule has 1 aromatic carbocycles. The van der Waals surface area contributed by atoms with Crippen molar-refractivity contribution in [3.8, 4) is 0 Å². The predicted octanol–water partition coefficient (Wildman–Crippen LogP) is 2.28. The van der Waals surface area contributed by atoms with Crippen LogP contribution in [0.15, 0.2) is 30.3 Å². The standard InChI is InChI=1S/C16H26N2O/c1-3-19-12-10-17-16-9-11-18(14(16)2)13-15-7-5-4-6-8-15/h4-8,14,16-17H,3,9-13H2,1-2H3/t14-,16+/m1/s1. The Kier molecular flexibility index (Phi) is 5.83. The van der Waals surface area contributed by atoms with E-state index < -0.39 is 0 Å². The molecule has 3 nitrogen and oxygen atoms in total. The monoisotopic (exact) mass is 262 g/mol. The van der Waals surface area contributed by atoms with E-state index in [0.717, 1.165) is 26.3 Å². The van der Waals surface area contributed by atoms with Crippen molar-refractivity contribution in [2.75, 3.05) is 26.3 Å². The van der Waals surface area contributed by atoms with E-state index in [1.54, 1.807) is 0 Å². The maximum absolute atomic E-state index is 5.37. The van der Waals surface area contributed by atoms with Crippen LogP contribution < -0.4 is 5.32 Å². The Morgan fingerprint density at radius 2 is 2.11 bits per heavy atom. The van der Waals surface area contributed by atoms with Crippen LogP contribution in [-0.2, 0) is 11.3 Å². The lowest BCUT2D eigenvalue weighted by molar-refractivity contribution is 0.144. The topological polar surface area (TPSA) is 24.5 Å². The van der Waals surface area contributed by atoms with E-state index >= 15 is 0 Å². The Morgan fingerprint density at radius 3 is 2.84 bits per heavy atom. The fourth-order valence-electron chi connectivity index (χ4n) is 2.78. The molecule has 0 bridgehead atoms. The van der Waals surface area contributed by atoms with Crippen molar-refractivity contribution in [2.45, 2.75) is 38.9 Å². The molecule has 0 saturated carbocycles. The third-order valence-corrected chi connectivity index (χ3v) is 3.97. The molecule has 0 unspecified atom stereocenters. The molecule has 1 saturated heterocycles. The second-order valence-electron chi connectivity index (χ2n) is 5.24. The quantitative estimate of drug-likeness (QED) is 0.763. The first-order valence-corrected chi connectivity index (χ1v) is 7.40. The molecule has 1 N–H and O–H groups in total. The van der Waals surface area contributed by atoms with Gasteiger partial charge in [0.2, 0.25) is 0 Å². The Hall–Kier alpha value is -0.900. The van der Waals surface area contributed by atoms with Crippen molar-refractivity contribution in [2.24, 2.45) is 0 Å². The third kappa shape index (κ3) is 4.30. The van der Waals surface area contributed by atoms with Crippen LogP contribution in [0.4, 0.5) is 0 Å². The van der Waals surface area contributed by atoms with E-state index in [1.807, 2.05) is 6.92 Å². The van der Waals surface area contributed by atoms with Gasteiger partial charge in [-0.3, -0.25) is 4.90 Å². The van der Waals surface area contributed by atoms with Gasteiger partial charge in [0.15, 0.2) is 0 Å². The van der Waals surface area contributed by atoms with Crippen LogP contribution >= 0.6 is 0 Å². The Labute approximate surface area is 116 Å². The van der Waals surface area contributed by atoms with Gasteiger partial charge in [0.05, 0.1) is 6.61 Å². The molecule has 3 heteroatoms. The van der Waals surface area contributed by atoms with Gasteiger partial charge in [0, 0.05) is 38.3 Å². The van der Waals surface area contributed by atoms with E-state index in [-0.39, 0.29) is 0 Å². The lowest BCUT2D eigenvalue weighted by atomic mass is 10.1. The molecular formula is C16H26N2O. The van der Waals surface area contributed by atoms with Gasteiger partial charge in [0.25, 0.3) is 0 Å². The van der Waals surface area contributed by atoms with Crippen LogP contribution in [-0.4, -0.2) is 43.3 Å². The highest BCUT2D eigenvalue weighted by Crippen LogP contribution is 2.20. The van der Waals surface area contributed by atoms with E-state index in [2.05, 4.69) is 47.5 Å². The molecule has 0 spiro atoms. The summed E-state index contributed by atoms with van der Waals surface area (Å²) in [6.07, 6.45) is 1.24. The van der Waals surface area contributed by atoms with E-state index in [1.165, 1.54) is 18.5 Å². The smallest absolute Gasteiger partial charge is 0.0590 e. The Morgan fingerprint density at radius 1 is 1.32 bits per heavy atom. The van der Waals surface area contributed by atoms with Crippen LogP contribution in [0.25, 0.3) is 0 Å². The van der Waals surface area contributed by atoms with Gasteiger partial charge in [-0.05, 0) is 25.8 Å². The minimum absolute atomic E-state index is 0.599. The normalized spacial score (nSPS) is 23.9. The molecule has 2 atom stereocenters. The van der Waals surface area contributed by atoms with Crippen molar-refractivity contribution in [1.82, 2.24) is 10.2 Å². The number of hydrogen-bond acceptors (Lipinski definition) is 3. The minimum Gasteiger partial charge on any atom is -0.380 e. The van der Waals surface area contributed by atoms with Gasteiger partial charge in [-0.25, -0.2) is 0 Å². The van der Waals surface area contributed by atoms with E-state index in [9.17, 15) is 0 Å². The highest BCUT2D eigenvalue weighted by atomic mass is 16.5. The van der Waals surface area contributed by atoms with Gasteiger partial charge in [-0.1, -0.05) is 30.3 Å². The summed E-state index contributed by atoms with van der Waals surface area (Å²) in [5.41, 5.74) is 1.41. The summed E-state index contributed by atoms with van der Waals surface area (Å²) in [5.74, 6) is 0. The zero-order valence-corrected chi connectivity index (χ0v) is 12.1. The van der Waals surface area contributed by atoms with Crippen molar-refractivity contribution < 1.29 is 4.74 Å². The lowest BCUT2D eigenvalue weighted by Gasteiger charge is -2.25. The van der Waals surface area contributed by atoms with Crippen LogP contribution in [0.3, 0.4) is 0 Å². The number of likely N-dealkylation sites (tertiary alicyclic amines) is 1. The molecule has 1 fully saturated rings. The molecule has 1 aromatic rings. The molecule has 0 radical (unpaired) electrons. The van der Waals surface area contributed by atoms with Gasteiger partial charge in [0.1, 0.15) is 0 Å². The summed E-state index contributed by atoms with van der Waals surface area (Å²) in [4.78, 5) is 2.56. The summed E-state index contributed by atoms with van der Waals surface area (Å²) in [5, 5.41) is 3.62. The first-order valence-electron chi connectivity index (χ1n) is 7.40. The molecular weight excluding hydrogens is 236 g/mol. The molecule has 1 aliphatic rings.